The van der Waals surface area contributed by atoms with Gasteiger partial charge in [-0.15, -0.1) is 11.3 Å². The first-order chi connectivity index (χ1) is 13.2. The highest BCUT2D eigenvalue weighted by molar-refractivity contribution is 7.07. The molecule has 28 heavy (non-hydrogen) atoms. The van der Waals surface area contributed by atoms with Crippen molar-refractivity contribution in [3.05, 3.63) is 50.3 Å². The normalized spacial score (nSPS) is 16.4. The number of aromatic nitrogens is 1. The van der Waals surface area contributed by atoms with E-state index in [4.69, 9.17) is 0 Å². The third kappa shape index (κ3) is 4.24. The van der Waals surface area contributed by atoms with Crippen LogP contribution in [0.25, 0.3) is 0 Å². The number of hydrogen-bond donors (Lipinski definition) is 0. The fraction of sp³-hybridized carbons (Fsp3) is 0.412. The van der Waals surface area contributed by atoms with Gasteiger partial charge in [0, 0.05) is 43.7 Å². The zero-order valence-corrected chi connectivity index (χ0v) is 15.7. The molecule has 0 unspecified atom stereocenters. The molecular formula is C17H17F3N4O3S. The van der Waals surface area contributed by atoms with Gasteiger partial charge < -0.3 is 9.47 Å². The van der Waals surface area contributed by atoms with Crippen LogP contribution in [0.15, 0.2) is 34.8 Å². The summed E-state index contributed by atoms with van der Waals surface area (Å²) in [6, 6.07) is 2.52. The highest BCUT2D eigenvalue weighted by Crippen LogP contribution is 2.37. The van der Waals surface area contributed by atoms with Crippen molar-refractivity contribution in [3.8, 4) is 0 Å². The Kier molecular flexibility index (Phi) is 5.54. The van der Waals surface area contributed by atoms with Gasteiger partial charge in [0.1, 0.15) is 5.69 Å². The maximum absolute atomic E-state index is 12.8. The zero-order valence-electron chi connectivity index (χ0n) is 14.8. The van der Waals surface area contributed by atoms with E-state index in [9.17, 15) is 28.1 Å². The summed E-state index contributed by atoms with van der Waals surface area (Å²) < 4.78 is 40.3. The minimum atomic E-state index is -4.65. The summed E-state index contributed by atoms with van der Waals surface area (Å²) in [4.78, 5) is 29.2. The van der Waals surface area contributed by atoms with Crippen molar-refractivity contribution in [3.63, 3.8) is 0 Å². The van der Waals surface area contributed by atoms with E-state index in [0.717, 1.165) is 12.1 Å². The maximum atomic E-state index is 12.8. The molecule has 1 amide bonds. The predicted octanol–water partition coefficient (Wildman–Crippen LogP) is 3.36. The molecular weight excluding hydrogens is 397 g/mol. The molecule has 0 radical (unpaired) electrons. The summed E-state index contributed by atoms with van der Waals surface area (Å²) in [7, 11) is 1.79. The van der Waals surface area contributed by atoms with Crippen LogP contribution >= 0.6 is 11.3 Å². The van der Waals surface area contributed by atoms with Crippen LogP contribution in [-0.2, 0) is 18.0 Å². The lowest BCUT2D eigenvalue weighted by molar-refractivity contribution is -0.384. The Hall–Kier alpha value is -2.69. The number of hydrogen-bond acceptors (Lipinski definition) is 5. The number of rotatable bonds is 3. The molecule has 150 valence electrons. The first-order valence-corrected chi connectivity index (χ1v) is 9.34. The number of carbonyl (C=O) groups is 1. The molecule has 1 fully saturated rings. The fourth-order valence-electron chi connectivity index (χ4n) is 3.10. The molecule has 0 bridgehead atoms. The summed E-state index contributed by atoms with van der Waals surface area (Å²) in [5, 5.41) is 13.1. The van der Waals surface area contributed by atoms with Crippen LogP contribution in [0.4, 0.5) is 24.5 Å². The van der Waals surface area contributed by atoms with E-state index in [-0.39, 0.29) is 17.5 Å². The Morgan fingerprint density at radius 2 is 2.00 bits per heavy atom. The molecule has 0 saturated carbocycles. The van der Waals surface area contributed by atoms with Crippen molar-refractivity contribution in [1.82, 2.24) is 4.57 Å². The number of piperidine rings is 1. The van der Waals surface area contributed by atoms with Crippen molar-refractivity contribution in [2.75, 3.05) is 18.0 Å². The summed E-state index contributed by atoms with van der Waals surface area (Å²) in [6.45, 7) is 0.656. The number of nitro groups is 1. The Morgan fingerprint density at radius 3 is 2.54 bits per heavy atom. The van der Waals surface area contributed by atoms with Gasteiger partial charge in [0.15, 0.2) is 4.80 Å². The van der Waals surface area contributed by atoms with E-state index < -0.39 is 22.4 Å². The average Bonchev–Trinajstić information content (AvgIpc) is 3.05. The van der Waals surface area contributed by atoms with Crippen molar-refractivity contribution in [1.29, 1.82) is 0 Å². The number of aryl methyl sites for hydroxylation is 1. The zero-order chi connectivity index (χ0) is 20.5. The minimum absolute atomic E-state index is 0.130. The smallest absolute Gasteiger partial charge is 0.366 e. The summed E-state index contributed by atoms with van der Waals surface area (Å²) in [5.41, 5.74) is -1.52. The monoisotopic (exact) mass is 414 g/mol. The maximum Gasteiger partial charge on any atom is 0.416 e. The van der Waals surface area contributed by atoms with Crippen molar-refractivity contribution in [2.45, 2.75) is 19.0 Å². The second-order valence-electron chi connectivity index (χ2n) is 6.47. The predicted molar refractivity (Wildman–Crippen MR) is 96.9 cm³/mol. The lowest BCUT2D eigenvalue weighted by Gasteiger charge is -2.32. The molecule has 0 spiro atoms. The Bertz CT molecular complexity index is 959. The average molecular weight is 414 g/mol. The summed E-state index contributed by atoms with van der Waals surface area (Å²) in [6.07, 6.45) is -2.00. The largest absolute Gasteiger partial charge is 0.416 e. The van der Waals surface area contributed by atoms with Gasteiger partial charge in [-0.1, -0.05) is 0 Å². The first-order valence-electron chi connectivity index (χ1n) is 8.46. The second kappa shape index (κ2) is 7.74. The van der Waals surface area contributed by atoms with E-state index in [1.54, 1.807) is 22.7 Å². The number of thiazole rings is 1. The molecule has 0 N–H and O–H groups in total. The number of nitro benzene ring substituents is 1. The van der Waals surface area contributed by atoms with E-state index >= 15 is 0 Å². The minimum Gasteiger partial charge on any atom is -0.366 e. The number of carbonyl (C=O) groups excluding carboxylic acids is 1. The molecule has 7 nitrogen and oxygen atoms in total. The van der Waals surface area contributed by atoms with E-state index in [1.807, 2.05) is 5.38 Å². The van der Waals surface area contributed by atoms with Crippen molar-refractivity contribution < 1.29 is 22.9 Å². The van der Waals surface area contributed by atoms with Crippen LogP contribution in [0.3, 0.4) is 0 Å². The number of alkyl halides is 3. The standard InChI is InChI=1S/C17H17F3N4O3S/c1-22-8-9-28-16(22)21-15(25)11-4-6-23(7-5-11)13-3-2-12(17(18,19)20)10-14(13)24(26)27/h2-3,8-11H,4-7H2,1H3. The van der Waals surface area contributed by atoms with Crippen molar-refractivity contribution >= 4 is 28.6 Å². The SMILES string of the molecule is Cn1ccsc1=NC(=O)C1CCN(c2ccc(C(F)(F)F)cc2[N+](=O)[O-])CC1. The van der Waals surface area contributed by atoms with Gasteiger partial charge in [0.25, 0.3) is 11.6 Å². The molecule has 0 atom stereocenters. The highest BCUT2D eigenvalue weighted by atomic mass is 32.1. The van der Waals surface area contributed by atoms with Crippen LogP contribution in [0.2, 0.25) is 0 Å². The van der Waals surface area contributed by atoms with E-state index in [1.165, 1.54) is 11.3 Å². The number of nitrogens with zero attached hydrogens (tertiary/aromatic N) is 4. The molecule has 3 rings (SSSR count). The Balaban J connectivity index is 1.75. The van der Waals surface area contributed by atoms with Crippen LogP contribution in [0.5, 0.6) is 0 Å². The summed E-state index contributed by atoms with van der Waals surface area (Å²) in [5.74, 6) is -0.563. The highest BCUT2D eigenvalue weighted by Gasteiger charge is 2.34. The molecule has 1 aliphatic heterocycles. The molecule has 1 aromatic carbocycles. The number of halogens is 3. The van der Waals surface area contributed by atoms with Crippen LogP contribution in [0.1, 0.15) is 18.4 Å². The van der Waals surface area contributed by atoms with Gasteiger partial charge in [-0.3, -0.25) is 14.9 Å². The topological polar surface area (TPSA) is 80.7 Å². The molecule has 2 aromatic rings. The number of benzene rings is 1. The molecule has 11 heteroatoms. The molecule has 1 aliphatic rings. The Morgan fingerprint density at radius 1 is 1.32 bits per heavy atom. The fourth-order valence-corrected chi connectivity index (χ4v) is 3.84. The van der Waals surface area contributed by atoms with Gasteiger partial charge in [-0.2, -0.15) is 18.2 Å². The lowest BCUT2D eigenvalue weighted by atomic mass is 9.95. The quantitative estimate of drug-likeness (QED) is 0.570. The van der Waals surface area contributed by atoms with Gasteiger partial charge in [-0.25, -0.2) is 0 Å². The number of amides is 1. The Labute approximate surface area is 161 Å². The van der Waals surface area contributed by atoms with Gasteiger partial charge in [-0.05, 0) is 25.0 Å². The number of anilines is 1. The van der Waals surface area contributed by atoms with Crippen LogP contribution in [-0.4, -0.2) is 28.5 Å². The molecule has 1 aromatic heterocycles. The van der Waals surface area contributed by atoms with Gasteiger partial charge >= 0.3 is 6.18 Å². The molecule has 1 saturated heterocycles. The van der Waals surface area contributed by atoms with Crippen LogP contribution < -0.4 is 9.70 Å². The lowest BCUT2D eigenvalue weighted by Crippen LogP contribution is -2.36. The van der Waals surface area contributed by atoms with Crippen molar-refractivity contribution in [2.24, 2.45) is 18.0 Å². The van der Waals surface area contributed by atoms with Crippen LogP contribution in [0, 0.1) is 16.0 Å². The van der Waals surface area contributed by atoms with Gasteiger partial charge in [0.2, 0.25) is 0 Å². The van der Waals surface area contributed by atoms with E-state index in [2.05, 4.69) is 4.99 Å². The third-order valence-corrected chi connectivity index (χ3v) is 5.50. The molecule has 2 heterocycles. The van der Waals surface area contributed by atoms with E-state index in [0.29, 0.717) is 36.8 Å². The second-order valence-corrected chi connectivity index (χ2v) is 7.34. The molecule has 0 aliphatic carbocycles. The third-order valence-electron chi connectivity index (χ3n) is 4.65. The summed E-state index contributed by atoms with van der Waals surface area (Å²) >= 11 is 1.35. The van der Waals surface area contributed by atoms with Gasteiger partial charge in [0.05, 0.1) is 10.5 Å². The first kappa shape index (κ1) is 20.1.